The second-order valence-electron chi connectivity index (χ2n) is 7.93. The van der Waals surface area contributed by atoms with Crippen molar-refractivity contribution < 1.29 is 28.7 Å². The maximum Gasteiger partial charge on any atom is 0.356 e. The normalized spacial score (nSPS) is 19.3. The van der Waals surface area contributed by atoms with Gasteiger partial charge in [-0.1, -0.05) is 60.7 Å². The lowest BCUT2D eigenvalue weighted by Crippen LogP contribution is -2.70. The molecule has 2 aromatic carbocycles. The third-order valence-corrected chi connectivity index (χ3v) is 6.90. The van der Waals surface area contributed by atoms with Crippen molar-refractivity contribution in [3.8, 4) is 0 Å². The molecule has 1 fully saturated rings. The van der Waals surface area contributed by atoms with E-state index in [1.807, 2.05) is 60.7 Å². The minimum Gasteiger partial charge on any atom is -0.466 e. The summed E-state index contributed by atoms with van der Waals surface area (Å²) < 4.78 is 10.7. The number of methoxy groups -OCH3 is 1. The number of thioether (sulfide) groups is 1. The van der Waals surface area contributed by atoms with Gasteiger partial charge in [0.05, 0.1) is 7.11 Å². The Morgan fingerprint density at radius 2 is 1.66 bits per heavy atom. The highest BCUT2D eigenvalue weighted by Gasteiger charge is 2.54. The monoisotopic (exact) mass is 492 g/mol. The molecular weight excluding hydrogens is 468 g/mol. The molecule has 2 aliphatic heterocycles. The number of nitrogens with zero attached hydrogens (tertiary/aromatic N) is 1. The van der Waals surface area contributed by atoms with Crippen molar-refractivity contribution in [3.63, 3.8) is 0 Å². The average Bonchev–Trinajstić information content (AvgIpc) is 2.89. The number of β-lactam (4-membered cyclic amide) rings is 1. The van der Waals surface area contributed by atoms with Gasteiger partial charge in [-0.2, -0.15) is 0 Å². The van der Waals surface area contributed by atoms with E-state index in [9.17, 15) is 19.2 Å². The van der Waals surface area contributed by atoms with Crippen molar-refractivity contribution >= 4 is 35.5 Å². The molecule has 2 aromatic rings. The zero-order chi connectivity index (χ0) is 24.9. The van der Waals surface area contributed by atoms with E-state index in [1.54, 1.807) is 0 Å². The van der Waals surface area contributed by atoms with Gasteiger partial charge in [0.25, 0.3) is 5.91 Å². The topological polar surface area (TPSA) is 102 Å². The molecule has 9 heteroatoms. The van der Waals surface area contributed by atoms with Gasteiger partial charge in [0, 0.05) is 18.8 Å². The van der Waals surface area contributed by atoms with Crippen LogP contribution in [0.1, 0.15) is 24.2 Å². The molecule has 2 atom stereocenters. The van der Waals surface area contributed by atoms with Crippen molar-refractivity contribution in [2.45, 2.75) is 24.4 Å². The van der Waals surface area contributed by atoms with E-state index in [0.717, 1.165) is 11.1 Å². The molecule has 1 saturated heterocycles. The molecule has 0 aliphatic carbocycles. The molecule has 0 radical (unpaired) electrons. The first-order valence-corrected chi connectivity index (χ1v) is 12.0. The van der Waals surface area contributed by atoms with Crippen LogP contribution < -0.4 is 5.32 Å². The fourth-order valence-corrected chi connectivity index (χ4v) is 5.28. The smallest absolute Gasteiger partial charge is 0.356 e. The molecule has 4 rings (SSSR count). The zero-order valence-corrected chi connectivity index (χ0v) is 20.0. The summed E-state index contributed by atoms with van der Waals surface area (Å²) >= 11 is 1.39. The van der Waals surface area contributed by atoms with Crippen LogP contribution in [-0.4, -0.2) is 52.9 Å². The lowest BCUT2D eigenvalue weighted by molar-refractivity contribution is -0.154. The number of benzene rings is 2. The number of fused-ring (bicyclic) bond motifs is 1. The fourth-order valence-electron chi connectivity index (χ4n) is 3.96. The number of carbonyl (C=O) groups excluding carboxylic acids is 4. The molecule has 0 saturated carbocycles. The fraction of sp³-hybridized carbons (Fsp3) is 0.231. The standard InChI is InChI=1S/C26H24N2O6S/c1-16(29)27-21-24(31)28-22(19(15-35-25(21)28)13-14-20(30)33-2)26(32)34-23(17-9-5-3-6-10-17)18-11-7-4-8-12-18/h3-14,21,23,25H,15H2,1-2H3,(H,27,29)/t21?,25-/m1/s1. The van der Waals surface area contributed by atoms with Gasteiger partial charge in [0.2, 0.25) is 5.91 Å². The van der Waals surface area contributed by atoms with E-state index < -0.39 is 35.4 Å². The highest BCUT2D eigenvalue weighted by atomic mass is 32.2. The van der Waals surface area contributed by atoms with Gasteiger partial charge in [-0.05, 0) is 22.8 Å². The maximum atomic E-state index is 13.6. The summed E-state index contributed by atoms with van der Waals surface area (Å²) in [5, 5.41) is 2.19. The van der Waals surface area contributed by atoms with Crippen LogP contribution in [-0.2, 0) is 28.7 Å². The first-order chi connectivity index (χ1) is 16.9. The molecular formula is C26H24N2O6S. The van der Waals surface area contributed by atoms with Crippen LogP contribution in [0.5, 0.6) is 0 Å². The van der Waals surface area contributed by atoms with E-state index in [-0.39, 0.29) is 11.6 Å². The van der Waals surface area contributed by atoms with Crippen LogP contribution in [0.4, 0.5) is 0 Å². The minimum atomic E-state index is -0.731. The molecule has 2 heterocycles. The Morgan fingerprint density at radius 1 is 1.06 bits per heavy atom. The van der Waals surface area contributed by atoms with Crippen LogP contribution in [0.15, 0.2) is 84.1 Å². The van der Waals surface area contributed by atoms with E-state index in [0.29, 0.717) is 11.3 Å². The Labute approximate surface area is 207 Å². The summed E-state index contributed by atoms with van der Waals surface area (Å²) in [5.74, 6) is -1.70. The zero-order valence-electron chi connectivity index (χ0n) is 19.2. The van der Waals surface area contributed by atoms with E-state index >= 15 is 0 Å². The molecule has 8 nitrogen and oxygen atoms in total. The van der Waals surface area contributed by atoms with Crippen LogP contribution in [0.25, 0.3) is 0 Å². The average molecular weight is 493 g/mol. The van der Waals surface area contributed by atoms with E-state index in [4.69, 9.17) is 4.74 Å². The Balaban J connectivity index is 1.70. The number of hydrogen-bond acceptors (Lipinski definition) is 7. The Hall–Kier alpha value is -3.85. The lowest BCUT2D eigenvalue weighted by atomic mass is 10.0. The number of rotatable bonds is 7. The van der Waals surface area contributed by atoms with Gasteiger partial charge in [-0.25, -0.2) is 9.59 Å². The summed E-state index contributed by atoms with van der Waals surface area (Å²) in [6.07, 6.45) is 1.95. The molecule has 0 spiro atoms. The number of allylic oxidation sites excluding steroid dienone is 1. The highest BCUT2D eigenvalue weighted by Crippen LogP contribution is 2.42. The number of hydrogen-bond donors (Lipinski definition) is 1. The van der Waals surface area contributed by atoms with Crippen molar-refractivity contribution in [1.29, 1.82) is 0 Å². The molecule has 0 aromatic heterocycles. The molecule has 1 N–H and O–H groups in total. The van der Waals surface area contributed by atoms with E-state index in [1.165, 1.54) is 42.8 Å². The van der Waals surface area contributed by atoms with Gasteiger partial charge in [0.1, 0.15) is 17.1 Å². The molecule has 2 aliphatic rings. The van der Waals surface area contributed by atoms with E-state index in [2.05, 4.69) is 10.1 Å². The van der Waals surface area contributed by atoms with Crippen molar-refractivity contribution in [3.05, 3.63) is 95.2 Å². The first kappa shape index (κ1) is 24.3. The van der Waals surface area contributed by atoms with Gasteiger partial charge < -0.3 is 14.8 Å². The van der Waals surface area contributed by atoms with Crippen molar-refractivity contribution in [2.24, 2.45) is 0 Å². The highest BCUT2D eigenvalue weighted by molar-refractivity contribution is 8.00. The summed E-state index contributed by atoms with van der Waals surface area (Å²) in [7, 11) is 1.25. The summed E-state index contributed by atoms with van der Waals surface area (Å²) in [5.41, 5.74) is 2.05. The number of amides is 2. The van der Waals surface area contributed by atoms with Gasteiger partial charge in [-0.15, -0.1) is 11.8 Å². The summed E-state index contributed by atoms with van der Waals surface area (Å²) in [6.45, 7) is 1.34. The number of carbonyl (C=O) groups is 4. The predicted molar refractivity (Wildman–Crippen MR) is 130 cm³/mol. The predicted octanol–water partition coefficient (Wildman–Crippen LogP) is 2.72. The van der Waals surface area contributed by atoms with Crippen LogP contribution in [0.3, 0.4) is 0 Å². The van der Waals surface area contributed by atoms with Crippen molar-refractivity contribution in [1.82, 2.24) is 10.2 Å². The van der Waals surface area contributed by atoms with Crippen LogP contribution in [0.2, 0.25) is 0 Å². The van der Waals surface area contributed by atoms with Gasteiger partial charge in [0.15, 0.2) is 6.10 Å². The molecule has 2 amide bonds. The second kappa shape index (κ2) is 10.6. The number of nitrogens with one attached hydrogen (secondary N) is 1. The van der Waals surface area contributed by atoms with Crippen LogP contribution >= 0.6 is 11.8 Å². The third-order valence-electron chi connectivity index (χ3n) is 5.60. The Morgan fingerprint density at radius 3 is 2.20 bits per heavy atom. The number of ether oxygens (including phenoxy) is 2. The maximum absolute atomic E-state index is 13.6. The molecule has 0 bridgehead atoms. The van der Waals surface area contributed by atoms with Gasteiger partial charge >= 0.3 is 11.9 Å². The lowest BCUT2D eigenvalue weighted by Gasteiger charge is -2.49. The third kappa shape index (κ3) is 5.14. The minimum absolute atomic E-state index is 0.0531. The quantitative estimate of drug-likeness (QED) is 0.360. The summed E-state index contributed by atoms with van der Waals surface area (Å²) in [6, 6.07) is 17.9. The summed E-state index contributed by atoms with van der Waals surface area (Å²) in [4.78, 5) is 51.2. The van der Waals surface area contributed by atoms with Crippen molar-refractivity contribution in [2.75, 3.05) is 12.9 Å². The second-order valence-corrected chi connectivity index (χ2v) is 9.03. The largest absolute Gasteiger partial charge is 0.466 e. The number of esters is 2. The molecule has 180 valence electrons. The first-order valence-electron chi connectivity index (χ1n) is 10.9. The SMILES string of the molecule is COC(=O)C=CC1=C(C(=O)OC(c2ccccc2)c2ccccc2)N2C(=O)C(NC(C)=O)[C@H]2SC1. The molecule has 1 unspecified atom stereocenters. The molecule has 35 heavy (non-hydrogen) atoms. The van der Waals surface area contributed by atoms with Gasteiger partial charge in [-0.3, -0.25) is 14.5 Å². The Bertz CT molecular complexity index is 1160. The Kier molecular flexibility index (Phi) is 7.36. The van der Waals surface area contributed by atoms with Crippen LogP contribution in [0, 0.1) is 0 Å².